The fourth-order valence-corrected chi connectivity index (χ4v) is 12.4. The number of aromatic nitrogens is 7. The largest absolute Gasteiger partial charge is 2.00 e. The van der Waals surface area contributed by atoms with E-state index < -0.39 is 0 Å². The van der Waals surface area contributed by atoms with E-state index in [0.29, 0.717) is 0 Å². The molecular formula is C72H47N7Pt2. The van der Waals surface area contributed by atoms with Crippen molar-refractivity contribution in [1.29, 1.82) is 0 Å². The molecule has 8 aromatic carbocycles. The summed E-state index contributed by atoms with van der Waals surface area (Å²) in [5, 5.41) is 7.04. The summed E-state index contributed by atoms with van der Waals surface area (Å²) in [6, 6.07) is 91.3. The van der Waals surface area contributed by atoms with Gasteiger partial charge in [-0.25, -0.2) is 4.98 Å². The molecule has 15 aromatic rings. The molecule has 0 saturated heterocycles. The Morgan fingerprint density at radius 1 is 0.370 bits per heavy atom. The van der Waals surface area contributed by atoms with Gasteiger partial charge in [-0.15, -0.1) is 82.2 Å². The van der Waals surface area contributed by atoms with Crippen LogP contribution in [0.5, 0.6) is 0 Å². The maximum atomic E-state index is 4.95. The number of hydrogen-bond donors (Lipinski definition) is 0. The third kappa shape index (κ3) is 8.40. The molecule has 7 nitrogen and oxygen atoms in total. The standard InChI is InChI=1S/C38H27N3.C34H20N4.2Pt/c1-2-21-38(37-16-8-10-23-40-37)32-13-5-3-11-28(32)29-20-18-27(25-33(29)38)41-35-15-6-4-12-30(35)31-19-17-26(24-36(31)41)34-14-7-9-22-39-34;1-3-12-30-25(9-1)27-17-15-23(29-11-5-7-19-35-29)21-32(27)37(30)24-16-18-28-26-10-2-4-13-31(26)38(33(28)22-24)34-14-6-8-20-36-34;;/h3-20,22-23H,2,21H2,1H3;1-20H;;/q2*-2;2*+2. The first-order valence-electron chi connectivity index (χ1n) is 26.9. The summed E-state index contributed by atoms with van der Waals surface area (Å²) in [5.74, 6) is 0.873. The Balaban J connectivity index is 0.000000149. The number of benzene rings is 8. The Bertz CT molecular complexity index is 4800. The van der Waals surface area contributed by atoms with Crippen LogP contribution >= 0.6 is 0 Å². The molecule has 16 rings (SSSR count). The van der Waals surface area contributed by atoms with Gasteiger partial charge in [-0.1, -0.05) is 162 Å². The van der Waals surface area contributed by atoms with Gasteiger partial charge in [-0.2, -0.15) is 18.2 Å². The average Bonchev–Trinajstić information content (AvgIpc) is 3.40. The van der Waals surface area contributed by atoms with Gasteiger partial charge < -0.3 is 23.7 Å². The number of para-hydroxylation sites is 3. The van der Waals surface area contributed by atoms with E-state index >= 15 is 0 Å². The Hall–Kier alpha value is -8.86. The minimum atomic E-state index is -0.362. The molecule has 1 aliphatic carbocycles. The van der Waals surface area contributed by atoms with Gasteiger partial charge in [0.2, 0.25) is 0 Å². The maximum absolute atomic E-state index is 4.95. The Morgan fingerprint density at radius 3 is 1.38 bits per heavy atom. The van der Waals surface area contributed by atoms with Crippen LogP contribution in [-0.4, -0.2) is 33.6 Å². The monoisotopic (exact) mass is 1400 g/mol. The summed E-state index contributed by atoms with van der Waals surface area (Å²) in [6.07, 6.45) is 9.39. The van der Waals surface area contributed by atoms with Crippen molar-refractivity contribution in [3.63, 3.8) is 0 Å². The maximum Gasteiger partial charge on any atom is 2.00 e. The number of fused-ring (bicyclic) bond motifs is 12. The van der Waals surface area contributed by atoms with Crippen LogP contribution < -0.4 is 0 Å². The molecule has 0 radical (unpaired) electrons. The summed E-state index contributed by atoms with van der Waals surface area (Å²) in [5.41, 5.74) is 17.9. The van der Waals surface area contributed by atoms with E-state index in [1.165, 1.54) is 43.8 Å². The van der Waals surface area contributed by atoms with E-state index in [1.54, 1.807) is 0 Å². The average molecular weight is 1400 g/mol. The summed E-state index contributed by atoms with van der Waals surface area (Å²) in [6.45, 7) is 2.26. The third-order valence-electron chi connectivity index (χ3n) is 15.7. The fraction of sp³-hybridized carbons (Fsp3) is 0.0556. The van der Waals surface area contributed by atoms with E-state index in [1.807, 2.05) is 85.5 Å². The van der Waals surface area contributed by atoms with E-state index in [-0.39, 0.29) is 47.5 Å². The van der Waals surface area contributed by atoms with Crippen LogP contribution in [0.3, 0.4) is 0 Å². The smallest absolute Gasteiger partial charge is 0.352 e. The van der Waals surface area contributed by atoms with Gasteiger partial charge in [0.15, 0.2) is 0 Å². The Kier molecular flexibility index (Phi) is 13.6. The van der Waals surface area contributed by atoms with Crippen molar-refractivity contribution < 1.29 is 42.1 Å². The van der Waals surface area contributed by atoms with Crippen LogP contribution in [0.2, 0.25) is 0 Å². The van der Waals surface area contributed by atoms with Gasteiger partial charge in [0.05, 0.1) is 5.69 Å². The zero-order valence-corrected chi connectivity index (χ0v) is 48.3. The molecule has 9 heteroatoms. The van der Waals surface area contributed by atoms with E-state index in [2.05, 4.69) is 218 Å². The molecular weight excluding hydrogens is 1350 g/mol. The molecule has 0 spiro atoms. The zero-order chi connectivity index (χ0) is 52.4. The number of hydrogen-bond acceptors (Lipinski definition) is 4. The summed E-state index contributed by atoms with van der Waals surface area (Å²) >= 11 is 0. The molecule has 0 fully saturated rings. The van der Waals surface area contributed by atoms with Crippen molar-refractivity contribution >= 4 is 65.4 Å². The third-order valence-corrected chi connectivity index (χ3v) is 15.7. The van der Waals surface area contributed by atoms with E-state index in [0.717, 1.165) is 102 Å². The molecule has 0 aliphatic heterocycles. The first-order chi connectivity index (χ1) is 39.2. The second-order valence-corrected chi connectivity index (χ2v) is 20.1. The van der Waals surface area contributed by atoms with Gasteiger partial charge in [0.1, 0.15) is 5.82 Å². The quantitative estimate of drug-likeness (QED) is 0.142. The minimum Gasteiger partial charge on any atom is -0.352 e. The second-order valence-electron chi connectivity index (χ2n) is 20.1. The SMILES string of the molecule is CCCC1(c2ccccn2)c2[c-]c(-n3c4[c-]c(-c5ccccn5)ccc4c4ccccc43)ccc2-c2ccccc21.[Pt+2].[Pt+2].[c-]1c(-c2ccccn2)ccc2c3ccccc3n(-c3[c-]c4c(cc3)c3ccccc3n4-c3ccccn3)c12. The Labute approximate surface area is 497 Å². The molecule has 1 aliphatic rings. The van der Waals surface area contributed by atoms with Gasteiger partial charge >= 0.3 is 42.1 Å². The molecule has 7 aromatic heterocycles. The molecule has 0 N–H and O–H groups in total. The number of pyridine rings is 4. The van der Waals surface area contributed by atoms with Crippen LogP contribution in [0.4, 0.5) is 0 Å². The van der Waals surface area contributed by atoms with Crippen LogP contribution in [-0.2, 0) is 47.5 Å². The number of rotatable bonds is 8. The van der Waals surface area contributed by atoms with Crippen LogP contribution in [0.25, 0.3) is 116 Å². The first kappa shape index (κ1) is 51.6. The van der Waals surface area contributed by atoms with Gasteiger partial charge in [0, 0.05) is 46.8 Å². The van der Waals surface area contributed by atoms with Crippen molar-refractivity contribution in [2.45, 2.75) is 25.2 Å². The fourth-order valence-electron chi connectivity index (χ4n) is 12.4. The van der Waals surface area contributed by atoms with Crippen molar-refractivity contribution in [2.24, 2.45) is 0 Å². The zero-order valence-electron chi connectivity index (χ0n) is 43.8. The molecule has 0 amide bonds. The predicted octanol–water partition coefficient (Wildman–Crippen LogP) is 16.9. The van der Waals surface area contributed by atoms with Gasteiger partial charge in [-0.3, -0.25) is 4.98 Å². The van der Waals surface area contributed by atoms with Crippen LogP contribution in [0.15, 0.2) is 243 Å². The van der Waals surface area contributed by atoms with Crippen molar-refractivity contribution in [2.75, 3.05) is 0 Å². The summed E-state index contributed by atoms with van der Waals surface area (Å²) < 4.78 is 6.78. The molecule has 0 bridgehead atoms. The van der Waals surface area contributed by atoms with E-state index in [4.69, 9.17) is 4.98 Å². The van der Waals surface area contributed by atoms with Gasteiger partial charge in [-0.05, 0) is 105 Å². The molecule has 7 heterocycles. The molecule has 1 atom stereocenters. The van der Waals surface area contributed by atoms with Crippen molar-refractivity contribution in [1.82, 2.24) is 33.6 Å². The van der Waals surface area contributed by atoms with Gasteiger partial charge in [0.25, 0.3) is 0 Å². The topological polar surface area (TPSA) is 66.3 Å². The molecule has 1 unspecified atom stereocenters. The summed E-state index contributed by atoms with van der Waals surface area (Å²) in [7, 11) is 0. The molecule has 81 heavy (non-hydrogen) atoms. The van der Waals surface area contributed by atoms with Crippen molar-refractivity contribution in [3.05, 3.63) is 284 Å². The number of nitrogens with zero attached hydrogens (tertiary/aromatic N) is 7. The van der Waals surface area contributed by atoms with Crippen LogP contribution in [0, 0.1) is 24.3 Å². The predicted molar refractivity (Wildman–Crippen MR) is 320 cm³/mol. The summed E-state index contributed by atoms with van der Waals surface area (Å²) in [4.78, 5) is 18.8. The van der Waals surface area contributed by atoms with Crippen LogP contribution in [0.1, 0.15) is 36.6 Å². The van der Waals surface area contributed by atoms with E-state index in [9.17, 15) is 0 Å². The molecule has 390 valence electrons. The second kappa shape index (κ2) is 21.3. The minimum absolute atomic E-state index is 0. The Morgan fingerprint density at radius 2 is 0.840 bits per heavy atom. The normalized spacial score (nSPS) is 13.4. The molecule has 0 saturated carbocycles. The first-order valence-corrected chi connectivity index (χ1v) is 26.9. The van der Waals surface area contributed by atoms with Crippen molar-refractivity contribution in [3.8, 4) is 50.8 Å².